The molecule has 0 unspecified atom stereocenters. The molecule has 0 saturated carbocycles. The molecular weight excluding hydrogens is 464 g/mol. The Balaban J connectivity index is 0.00000162. The molecule has 0 aliphatic rings. The van der Waals surface area contributed by atoms with Crippen molar-refractivity contribution in [2.24, 2.45) is 4.99 Å². The summed E-state index contributed by atoms with van der Waals surface area (Å²) in [6, 6.07) is 17.3. The number of benzene rings is 2. The third kappa shape index (κ3) is 4.32. The number of hydrogen-bond acceptors (Lipinski definition) is 2. The molecule has 2 aromatic rings. The average Bonchev–Trinajstić information content (AvgIpc) is 2.38. The minimum Gasteiger partial charge on any atom is -0.303 e. The maximum atomic E-state index is 4.51. The molecule has 0 N–H and O–H groups in total. The predicted molar refractivity (Wildman–Crippen MR) is 75.5 cm³/mol. The molecule has 0 radical (unpaired) electrons. The van der Waals surface area contributed by atoms with E-state index in [0.29, 0.717) is 0 Å². The fourth-order valence-electron chi connectivity index (χ4n) is 1.52. The van der Waals surface area contributed by atoms with E-state index in [1.807, 2.05) is 30.5 Å². The first-order valence-electron chi connectivity index (χ1n) is 5.45. The largest absolute Gasteiger partial charge is 0.303 e. The molecule has 3 heteroatoms. The van der Waals surface area contributed by atoms with Crippen molar-refractivity contribution in [1.29, 1.82) is 0 Å². The van der Waals surface area contributed by atoms with Crippen LogP contribution in [0.4, 0.5) is 5.69 Å². The quantitative estimate of drug-likeness (QED) is 0.365. The summed E-state index contributed by atoms with van der Waals surface area (Å²) in [4.78, 5) is 5.72. The van der Waals surface area contributed by atoms with Crippen molar-refractivity contribution in [1.82, 2.24) is 0 Å². The van der Waals surface area contributed by atoms with Gasteiger partial charge in [0.15, 0.2) is 0 Å². The van der Waals surface area contributed by atoms with Crippen LogP contribution in [0.1, 0.15) is 11.1 Å². The van der Waals surface area contributed by atoms with Gasteiger partial charge in [-0.3, -0.25) is 0 Å². The summed E-state index contributed by atoms with van der Waals surface area (Å²) in [5.74, 6) is 0. The zero-order chi connectivity index (χ0) is 12.1. The van der Waals surface area contributed by atoms with Crippen LogP contribution in [0, 0.1) is 44.1 Å². The molecule has 90 valence electrons. The van der Waals surface area contributed by atoms with Crippen molar-refractivity contribution >= 4 is 23.7 Å². The fourth-order valence-corrected chi connectivity index (χ4v) is 2.15. The monoisotopic (exact) mass is 478 g/mol. The molecular formula is C15H14NSU-. The van der Waals surface area contributed by atoms with Crippen LogP contribution in [0.3, 0.4) is 0 Å². The molecule has 0 atom stereocenters. The average molecular weight is 478 g/mol. The van der Waals surface area contributed by atoms with Gasteiger partial charge in [0.25, 0.3) is 0 Å². The molecule has 0 spiro atoms. The molecule has 0 aliphatic heterocycles. The van der Waals surface area contributed by atoms with Gasteiger partial charge in [-0.25, -0.2) is 0 Å². The van der Waals surface area contributed by atoms with Crippen LogP contribution in [-0.2, 0) is 0 Å². The first-order valence-corrected chi connectivity index (χ1v) is 6.67. The van der Waals surface area contributed by atoms with E-state index >= 15 is 0 Å². The van der Waals surface area contributed by atoms with E-state index in [9.17, 15) is 0 Å². The molecule has 2 rings (SSSR count). The van der Waals surface area contributed by atoms with Crippen molar-refractivity contribution in [3.63, 3.8) is 0 Å². The van der Waals surface area contributed by atoms with Crippen LogP contribution in [0.15, 0.2) is 52.4 Å². The van der Waals surface area contributed by atoms with Gasteiger partial charge in [-0.05, 0) is 37.1 Å². The van der Waals surface area contributed by atoms with Crippen LogP contribution in [0.5, 0.6) is 0 Å². The third-order valence-corrected chi connectivity index (χ3v) is 3.18. The maximum Gasteiger partial charge on any atom is 0.0652 e. The Morgan fingerprint density at radius 3 is 2.72 bits per heavy atom. The Labute approximate surface area is 136 Å². The Morgan fingerprint density at radius 1 is 1.22 bits per heavy atom. The normalized spacial score (nSPS) is 10.3. The van der Waals surface area contributed by atoms with Crippen LogP contribution >= 0.6 is 11.8 Å². The van der Waals surface area contributed by atoms with E-state index in [1.54, 1.807) is 11.8 Å². The molecule has 0 aliphatic carbocycles. The van der Waals surface area contributed by atoms with E-state index in [-0.39, 0.29) is 31.1 Å². The fraction of sp³-hybridized carbons (Fsp3) is 0.133. The van der Waals surface area contributed by atoms with Crippen molar-refractivity contribution in [2.45, 2.75) is 11.8 Å². The molecule has 0 fully saturated rings. The van der Waals surface area contributed by atoms with Crippen LogP contribution in [0.25, 0.3) is 0 Å². The summed E-state index contributed by atoms with van der Waals surface area (Å²) in [6.07, 6.45) is 3.92. The van der Waals surface area contributed by atoms with Gasteiger partial charge in [0.1, 0.15) is 0 Å². The molecule has 0 saturated heterocycles. The number of rotatable bonds is 3. The minimum absolute atomic E-state index is 0. The predicted octanol–water partition coefficient (Wildman–Crippen LogP) is 4.27. The number of nitrogens with zero attached hydrogens (tertiary/aromatic N) is 1. The third-order valence-electron chi connectivity index (χ3n) is 2.41. The second-order valence-electron chi connectivity index (χ2n) is 3.75. The second-order valence-corrected chi connectivity index (χ2v) is 4.60. The summed E-state index contributed by atoms with van der Waals surface area (Å²) in [5.41, 5.74) is 3.28. The van der Waals surface area contributed by atoms with Crippen LogP contribution in [0.2, 0.25) is 0 Å². The zero-order valence-corrected chi connectivity index (χ0v) is 15.5. The van der Waals surface area contributed by atoms with Gasteiger partial charge in [-0.15, -0.1) is 47.7 Å². The molecule has 0 heterocycles. The molecule has 0 bridgehead atoms. The molecule has 18 heavy (non-hydrogen) atoms. The van der Waals surface area contributed by atoms with Gasteiger partial charge in [0, 0.05) is 36.0 Å². The Bertz CT molecular complexity index is 523. The van der Waals surface area contributed by atoms with Gasteiger partial charge in [-0.1, -0.05) is 6.07 Å². The smallest absolute Gasteiger partial charge is 0.0652 e. The minimum atomic E-state index is 0. The van der Waals surface area contributed by atoms with Gasteiger partial charge < -0.3 is 4.99 Å². The molecule has 2 aromatic carbocycles. The Morgan fingerprint density at radius 2 is 2.06 bits per heavy atom. The molecule has 0 amide bonds. The van der Waals surface area contributed by atoms with Crippen LogP contribution < -0.4 is 0 Å². The summed E-state index contributed by atoms with van der Waals surface area (Å²) in [6.45, 7) is 2.10. The number of hydrogen-bond donors (Lipinski definition) is 0. The zero-order valence-electron chi connectivity index (χ0n) is 10.5. The molecule has 1 nitrogen and oxygen atoms in total. The van der Waals surface area contributed by atoms with Gasteiger partial charge >= 0.3 is 0 Å². The standard InChI is InChI=1S/C15H14NS.U/c1-12-8-9-14(15(10-12)17-2)16-11-13-6-4-3-5-7-13;/h3-6,8-11H,1-2H3;/q-1;. The van der Waals surface area contributed by atoms with Gasteiger partial charge in [-0.2, -0.15) is 0 Å². The second kappa shape index (κ2) is 7.84. The number of aliphatic imine (C=N–C) groups is 1. The van der Waals surface area contributed by atoms with Crippen molar-refractivity contribution in [2.75, 3.05) is 6.26 Å². The first-order chi connectivity index (χ1) is 8.29. The SMILES string of the molecule is CSc1cc(C)ccc1N=Cc1[c-]cccc1.[U]. The van der Waals surface area contributed by atoms with Gasteiger partial charge in [0.2, 0.25) is 0 Å². The Hall–Kier alpha value is -0.488. The number of thioether (sulfide) groups is 1. The van der Waals surface area contributed by atoms with Crippen molar-refractivity contribution < 1.29 is 31.1 Å². The summed E-state index contributed by atoms with van der Waals surface area (Å²) >= 11 is 1.72. The van der Waals surface area contributed by atoms with E-state index in [2.05, 4.69) is 42.4 Å². The van der Waals surface area contributed by atoms with Crippen molar-refractivity contribution in [3.05, 3.63) is 59.7 Å². The summed E-state index contributed by atoms with van der Waals surface area (Å²) < 4.78 is 0. The van der Waals surface area contributed by atoms with Gasteiger partial charge in [0.05, 0.1) is 5.69 Å². The first kappa shape index (κ1) is 15.6. The Kier molecular flexibility index (Phi) is 6.78. The topological polar surface area (TPSA) is 12.4 Å². The van der Waals surface area contributed by atoms with E-state index in [4.69, 9.17) is 0 Å². The summed E-state index contributed by atoms with van der Waals surface area (Å²) in [7, 11) is 0. The van der Waals surface area contributed by atoms with Crippen molar-refractivity contribution in [3.8, 4) is 0 Å². The van der Waals surface area contributed by atoms with E-state index in [0.717, 1.165) is 11.3 Å². The van der Waals surface area contributed by atoms with E-state index in [1.165, 1.54) is 10.5 Å². The molecule has 0 aromatic heterocycles. The van der Waals surface area contributed by atoms with Crippen LogP contribution in [-0.4, -0.2) is 12.5 Å². The summed E-state index contributed by atoms with van der Waals surface area (Å²) in [5, 5.41) is 0. The van der Waals surface area contributed by atoms with E-state index < -0.39 is 0 Å². The number of aryl methyl sites for hydroxylation is 1. The maximum absolute atomic E-state index is 4.51.